The van der Waals surface area contributed by atoms with E-state index in [0.29, 0.717) is 32.1 Å². The summed E-state index contributed by atoms with van der Waals surface area (Å²) >= 11 is 0. The first-order chi connectivity index (χ1) is 19.3. The molecule has 1 aliphatic carbocycles. The molecule has 234 valence electrons. The average molecular weight is 610 g/mol. The van der Waals surface area contributed by atoms with Crippen LogP contribution in [-0.2, 0) is 20.1 Å². The third-order valence-electron chi connectivity index (χ3n) is 10.2. The van der Waals surface area contributed by atoms with Gasteiger partial charge in [-0.3, -0.25) is 0 Å². The number of halogens is 4. The standard InChI is InChI=1S/C33H47F4NO3Si/c1-19(2)28-26-27(25-23(38-28)17-31(6,7)18-24(25)41-42(8,9)30(3,4)5)32(12-14-39-15-13-32)40-29(26)21-11-10-20(16-22(21)34)33(35,36)37/h10-11,16,19,23-24,29,38H,12-15,17-18H2,1-9H3/t23?,24-,29+/m0/s1. The molecule has 1 aromatic rings. The minimum Gasteiger partial charge on any atom is -0.410 e. The lowest BCUT2D eigenvalue weighted by atomic mass is 9.65. The van der Waals surface area contributed by atoms with Gasteiger partial charge in [-0.2, -0.15) is 13.2 Å². The van der Waals surface area contributed by atoms with Crippen LogP contribution >= 0.6 is 0 Å². The Balaban J connectivity index is 1.75. The summed E-state index contributed by atoms with van der Waals surface area (Å²) in [6.07, 6.45) is -2.64. The topological polar surface area (TPSA) is 39.7 Å². The minimum absolute atomic E-state index is 0.00755. The SMILES string of the molecule is CC(C)C1=C2C(=C3C(CC(C)(C)C[C@@H]3O[Si](C)(C)C(C)(C)C)N1)C1(CCOCC1)O[C@@H]2c1ccc(C(F)(F)F)cc1F. The highest BCUT2D eigenvalue weighted by molar-refractivity contribution is 6.74. The summed E-state index contributed by atoms with van der Waals surface area (Å²) in [6, 6.07) is 2.85. The molecule has 9 heteroatoms. The van der Waals surface area contributed by atoms with Gasteiger partial charge < -0.3 is 19.2 Å². The van der Waals surface area contributed by atoms with Crippen molar-refractivity contribution in [3.8, 4) is 0 Å². The number of fused-ring (bicyclic) bond motifs is 3. The molecule has 4 aliphatic rings. The van der Waals surface area contributed by atoms with Crippen LogP contribution in [0.5, 0.6) is 0 Å². The van der Waals surface area contributed by atoms with Crippen LogP contribution in [0.3, 0.4) is 0 Å². The fraction of sp³-hybridized carbons (Fsp3) is 0.697. The van der Waals surface area contributed by atoms with E-state index in [-0.39, 0.29) is 34.1 Å². The van der Waals surface area contributed by atoms with Gasteiger partial charge >= 0.3 is 6.18 Å². The summed E-state index contributed by atoms with van der Waals surface area (Å²) in [6.45, 7) is 21.1. The van der Waals surface area contributed by atoms with Crippen molar-refractivity contribution in [3.63, 3.8) is 0 Å². The lowest BCUT2D eigenvalue weighted by molar-refractivity contribution is -0.137. The fourth-order valence-electron chi connectivity index (χ4n) is 7.05. The third-order valence-corrected chi connectivity index (χ3v) is 14.7. The molecule has 1 N–H and O–H groups in total. The maximum absolute atomic E-state index is 15.7. The van der Waals surface area contributed by atoms with E-state index in [9.17, 15) is 13.2 Å². The molecule has 5 rings (SSSR count). The molecule has 42 heavy (non-hydrogen) atoms. The van der Waals surface area contributed by atoms with Gasteiger partial charge in [-0.05, 0) is 65.6 Å². The molecule has 3 atom stereocenters. The number of alkyl halides is 3. The monoisotopic (exact) mass is 609 g/mol. The second kappa shape index (κ2) is 10.5. The van der Waals surface area contributed by atoms with Crippen LogP contribution < -0.4 is 5.32 Å². The number of dihydropyridines is 1. The third kappa shape index (κ3) is 5.52. The van der Waals surface area contributed by atoms with Crippen LogP contribution in [0, 0.1) is 17.2 Å². The van der Waals surface area contributed by atoms with Crippen LogP contribution in [-0.4, -0.2) is 39.3 Å². The highest BCUT2D eigenvalue weighted by atomic mass is 28.4. The van der Waals surface area contributed by atoms with Crippen molar-refractivity contribution in [3.05, 3.63) is 57.6 Å². The Morgan fingerprint density at radius 3 is 2.24 bits per heavy atom. The highest BCUT2D eigenvalue weighted by Crippen LogP contribution is 2.59. The van der Waals surface area contributed by atoms with E-state index >= 15 is 4.39 Å². The smallest absolute Gasteiger partial charge is 0.410 e. The van der Waals surface area contributed by atoms with Gasteiger partial charge in [0.05, 0.1) is 23.3 Å². The van der Waals surface area contributed by atoms with Crippen LogP contribution in [0.2, 0.25) is 18.1 Å². The summed E-state index contributed by atoms with van der Waals surface area (Å²) in [5, 5.41) is 3.86. The Labute approximate surface area is 249 Å². The molecule has 0 radical (unpaired) electrons. The van der Waals surface area contributed by atoms with Crippen molar-refractivity contribution >= 4 is 8.32 Å². The zero-order valence-corrected chi connectivity index (χ0v) is 27.5. The maximum Gasteiger partial charge on any atom is 0.416 e. The van der Waals surface area contributed by atoms with Crippen LogP contribution in [0.4, 0.5) is 17.6 Å². The van der Waals surface area contributed by atoms with Crippen molar-refractivity contribution < 1.29 is 31.5 Å². The molecule has 1 aromatic carbocycles. The fourth-order valence-corrected chi connectivity index (χ4v) is 8.32. The molecule has 0 amide bonds. The Morgan fingerprint density at radius 1 is 1.05 bits per heavy atom. The van der Waals surface area contributed by atoms with Crippen molar-refractivity contribution in [2.75, 3.05) is 13.2 Å². The van der Waals surface area contributed by atoms with Gasteiger partial charge in [-0.15, -0.1) is 0 Å². The normalized spacial score (nSPS) is 27.8. The Bertz CT molecular complexity index is 1280. The van der Waals surface area contributed by atoms with Crippen LogP contribution in [0.1, 0.15) is 91.4 Å². The first-order valence-corrected chi connectivity index (χ1v) is 18.2. The van der Waals surface area contributed by atoms with Gasteiger partial charge in [0, 0.05) is 42.9 Å². The number of hydrogen-bond donors (Lipinski definition) is 1. The van der Waals surface area contributed by atoms with E-state index in [1.165, 1.54) is 11.6 Å². The number of ether oxygens (including phenoxy) is 2. The number of allylic oxidation sites excluding steroid dienone is 1. The molecule has 1 unspecified atom stereocenters. The Morgan fingerprint density at radius 2 is 1.69 bits per heavy atom. The Hall–Kier alpha value is -1.68. The molecule has 3 aliphatic heterocycles. The number of nitrogens with one attached hydrogen (secondary N) is 1. The molecular formula is C33H47F4NO3Si. The van der Waals surface area contributed by atoms with Crippen molar-refractivity contribution in [1.29, 1.82) is 0 Å². The zero-order chi connectivity index (χ0) is 31.0. The predicted octanol–water partition coefficient (Wildman–Crippen LogP) is 8.85. The molecular weight excluding hydrogens is 562 g/mol. The van der Waals surface area contributed by atoms with Gasteiger partial charge in [-0.1, -0.05) is 54.5 Å². The van der Waals surface area contributed by atoms with Crippen LogP contribution in [0.25, 0.3) is 0 Å². The summed E-state index contributed by atoms with van der Waals surface area (Å²) in [4.78, 5) is 0. The number of rotatable bonds is 4. The summed E-state index contributed by atoms with van der Waals surface area (Å²) in [7, 11) is -2.20. The largest absolute Gasteiger partial charge is 0.416 e. The summed E-state index contributed by atoms with van der Waals surface area (Å²) in [5.41, 5.74) is 2.57. The van der Waals surface area contributed by atoms with Gasteiger partial charge in [0.1, 0.15) is 11.9 Å². The second-order valence-corrected chi connectivity index (χ2v) is 20.0. The summed E-state index contributed by atoms with van der Waals surface area (Å²) < 4.78 is 76.0. The Kier molecular flexibility index (Phi) is 7.90. The number of hydrogen-bond acceptors (Lipinski definition) is 4. The van der Waals surface area contributed by atoms with Gasteiger partial charge in [-0.25, -0.2) is 4.39 Å². The second-order valence-electron chi connectivity index (χ2n) is 15.3. The lowest BCUT2D eigenvalue weighted by Crippen LogP contribution is -2.54. The predicted molar refractivity (Wildman–Crippen MR) is 159 cm³/mol. The van der Waals surface area contributed by atoms with E-state index in [0.717, 1.165) is 35.8 Å². The lowest BCUT2D eigenvalue weighted by Gasteiger charge is -2.51. The molecule has 3 heterocycles. The van der Waals surface area contributed by atoms with E-state index in [1.54, 1.807) is 0 Å². The molecule has 1 saturated carbocycles. The molecule has 2 saturated heterocycles. The molecule has 1 spiro atoms. The first kappa shape index (κ1) is 31.7. The van der Waals surface area contributed by atoms with E-state index in [4.69, 9.17) is 13.9 Å². The van der Waals surface area contributed by atoms with Crippen molar-refractivity contribution in [2.45, 2.75) is 122 Å². The minimum atomic E-state index is -4.63. The maximum atomic E-state index is 15.7. The average Bonchev–Trinajstić information content (AvgIpc) is 3.15. The van der Waals surface area contributed by atoms with Crippen LogP contribution in [0.15, 0.2) is 40.6 Å². The van der Waals surface area contributed by atoms with Crippen molar-refractivity contribution in [2.24, 2.45) is 11.3 Å². The number of benzene rings is 1. The molecule has 0 bridgehead atoms. The van der Waals surface area contributed by atoms with Gasteiger partial charge in [0.2, 0.25) is 0 Å². The van der Waals surface area contributed by atoms with Gasteiger partial charge in [0.25, 0.3) is 0 Å². The summed E-state index contributed by atoms with van der Waals surface area (Å²) in [5.74, 6) is -0.834. The highest BCUT2D eigenvalue weighted by Gasteiger charge is 2.57. The van der Waals surface area contributed by atoms with E-state index < -0.39 is 37.6 Å². The van der Waals surface area contributed by atoms with E-state index in [2.05, 4.69) is 66.9 Å². The van der Waals surface area contributed by atoms with E-state index in [1.807, 2.05) is 0 Å². The van der Waals surface area contributed by atoms with Crippen molar-refractivity contribution in [1.82, 2.24) is 5.32 Å². The quantitative estimate of drug-likeness (QED) is 0.274. The molecule has 0 aromatic heterocycles. The zero-order valence-electron chi connectivity index (χ0n) is 26.5. The molecule has 3 fully saturated rings. The first-order valence-electron chi connectivity index (χ1n) is 15.3. The molecule has 4 nitrogen and oxygen atoms in total. The van der Waals surface area contributed by atoms with Gasteiger partial charge in [0.15, 0.2) is 8.32 Å².